The Kier molecular flexibility index (Phi) is 4.70. The lowest BCUT2D eigenvalue weighted by Crippen LogP contribution is -2.03. The van der Waals surface area contributed by atoms with Crippen LogP contribution < -0.4 is 4.74 Å². The van der Waals surface area contributed by atoms with Crippen LogP contribution in [0.1, 0.15) is 11.3 Å². The molecular formula is C19H18ClNO2. The molecule has 3 aromatic rings. The van der Waals surface area contributed by atoms with E-state index in [0.717, 1.165) is 32.9 Å². The lowest BCUT2D eigenvalue weighted by atomic mass is 10.2. The quantitative estimate of drug-likeness (QED) is 0.750. The van der Waals surface area contributed by atoms with E-state index in [0.29, 0.717) is 6.54 Å². The summed E-state index contributed by atoms with van der Waals surface area (Å²) in [5.41, 5.74) is 3.05. The molecule has 2 aromatic carbocycles. The summed E-state index contributed by atoms with van der Waals surface area (Å²) in [5, 5.41) is 11.2. The van der Waals surface area contributed by atoms with Crippen molar-refractivity contribution in [3.8, 4) is 5.75 Å². The van der Waals surface area contributed by atoms with Crippen molar-refractivity contribution in [2.45, 2.75) is 6.54 Å². The number of hydrogen-bond donors (Lipinski definition) is 1. The molecule has 1 N–H and O–H groups in total. The minimum absolute atomic E-state index is 0.0861. The molecule has 0 saturated heterocycles. The van der Waals surface area contributed by atoms with E-state index in [1.165, 1.54) is 0 Å². The molecule has 0 aliphatic rings. The van der Waals surface area contributed by atoms with Gasteiger partial charge in [0.15, 0.2) is 0 Å². The number of aromatic nitrogens is 1. The summed E-state index contributed by atoms with van der Waals surface area (Å²) in [4.78, 5) is 0. The van der Waals surface area contributed by atoms with Crippen LogP contribution in [-0.2, 0) is 6.54 Å². The molecule has 0 saturated carbocycles. The van der Waals surface area contributed by atoms with E-state index in [2.05, 4.69) is 10.6 Å². The number of fused-ring (bicyclic) bond motifs is 1. The molecule has 1 aromatic heterocycles. The Balaban J connectivity index is 2.05. The number of aliphatic hydroxyl groups is 1. The van der Waals surface area contributed by atoms with Gasteiger partial charge in [0.05, 0.1) is 13.7 Å². The fraction of sp³-hybridized carbons (Fsp3) is 0.158. The third-order valence-corrected chi connectivity index (χ3v) is 4.15. The highest BCUT2D eigenvalue weighted by Gasteiger charge is 2.07. The molecule has 0 aliphatic carbocycles. The van der Waals surface area contributed by atoms with E-state index in [1.54, 1.807) is 7.11 Å². The lowest BCUT2D eigenvalue weighted by molar-refractivity contribution is 0.278. The van der Waals surface area contributed by atoms with Crippen molar-refractivity contribution in [1.82, 2.24) is 4.57 Å². The normalized spacial score (nSPS) is 11.4. The Morgan fingerprint density at radius 1 is 1.13 bits per heavy atom. The van der Waals surface area contributed by atoms with Gasteiger partial charge in [-0.2, -0.15) is 0 Å². The largest absolute Gasteiger partial charge is 0.497 e. The third-order valence-electron chi connectivity index (χ3n) is 3.80. The molecule has 1 heterocycles. The number of rotatable bonds is 5. The van der Waals surface area contributed by atoms with Crippen LogP contribution in [0.15, 0.2) is 48.5 Å². The SMILES string of the molecule is COc1ccc2c(c1)cc(/C=C/c1ccccc1Cl)n2CCO. The predicted molar refractivity (Wildman–Crippen MR) is 96.0 cm³/mol. The number of nitrogens with zero attached hydrogens (tertiary/aromatic N) is 1. The molecule has 4 heteroatoms. The number of hydrogen-bond acceptors (Lipinski definition) is 2. The maximum atomic E-state index is 9.36. The Labute approximate surface area is 140 Å². The molecule has 3 rings (SSSR count). The van der Waals surface area contributed by atoms with E-state index in [-0.39, 0.29) is 6.61 Å². The summed E-state index contributed by atoms with van der Waals surface area (Å²) < 4.78 is 7.37. The fourth-order valence-electron chi connectivity index (χ4n) is 2.67. The van der Waals surface area contributed by atoms with E-state index in [4.69, 9.17) is 16.3 Å². The lowest BCUT2D eigenvalue weighted by Gasteiger charge is -2.07. The van der Waals surface area contributed by atoms with E-state index < -0.39 is 0 Å². The Hall–Kier alpha value is -2.23. The van der Waals surface area contributed by atoms with E-state index >= 15 is 0 Å². The van der Waals surface area contributed by atoms with Crippen molar-refractivity contribution >= 4 is 34.7 Å². The third kappa shape index (κ3) is 3.26. The molecule has 0 amide bonds. The van der Waals surface area contributed by atoms with Gasteiger partial charge in [0.1, 0.15) is 5.75 Å². The second kappa shape index (κ2) is 6.90. The summed E-state index contributed by atoms with van der Waals surface area (Å²) >= 11 is 6.20. The number of halogens is 1. The standard InChI is InChI=1S/C19H18ClNO2/c1-23-17-8-9-19-15(13-17)12-16(21(19)10-11-22)7-6-14-4-2-3-5-18(14)20/h2-9,12-13,22H,10-11H2,1H3/b7-6+. The van der Waals surface area contributed by atoms with Gasteiger partial charge in [-0.1, -0.05) is 35.9 Å². The van der Waals surface area contributed by atoms with Crippen LogP contribution in [-0.4, -0.2) is 23.4 Å². The summed E-state index contributed by atoms with van der Waals surface area (Å²) in [6.07, 6.45) is 4.00. The first-order chi connectivity index (χ1) is 11.2. The van der Waals surface area contributed by atoms with Crippen LogP contribution in [0.25, 0.3) is 23.1 Å². The molecule has 0 radical (unpaired) electrons. The monoisotopic (exact) mass is 327 g/mol. The summed E-state index contributed by atoms with van der Waals surface area (Å²) in [5.74, 6) is 0.820. The zero-order valence-corrected chi connectivity index (χ0v) is 13.6. The van der Waals surface area contributed by atoms with Crippen molar-refractivity contribution in [2.24, 2.45) is 0 Å². The van der Waals surface area contributed by atoms with Crippen LogP contribution in [0.2, 0.25) is 5.02 Å². The molecule has 0 spiro atoms. The first kappa shape index (κ1) is 15.7. The summed E-state index contributed by atoms with van der Waals surface area (Å²) in [6, 6.07) is 15.7. The van der Waals surface area contributed by atoms with Gasteiger partial charge in [-0.3, -0.25) is 0 Å². The van der Waals surface area contributed by atoms with Gasteiger partial charge in [0, 0.05) is 28.2 Å². The van der Waals surface area contributed by atoms with Crippen LogP contribution in [0.5, 0.6) is 5.75 Å². The zero-order valence-electron chi connectivity index (χ0n) is 12.9. The number of aliphatic hydroxyl groups excluding tert-OH is 1. The second-order valence-electron chi connectivity index (χ2n) is 5.22. The Morgan fingerprint density at radius 3 is 2.70 bits per heavy atom. The minimum Gasteiger partial charge on any atom is -0.497 e. The van der Waals surface area contributed by atoms with Crippen LogP contribution in [0, 0.1) is 0 Å². The number of methoxy groups -OCH3 is 1. The topological polar surface area (TPSA) is 34.4 Å². The molecule has 0 aliphatic heterocycles. The molecule has 0 fully saturated rings. The van der Waals surface area contributed by atoms with Crippen molar-refractivity contribution in [2.75, 3.05) is 13.7 Å². The maximum Gasteiger partial charge on any atom is 0.119 e. The molecular weight excluding hydrogens is 310 g/mol. The van der Waals surface area contributed by atoms with Crippen LogP contribution in [0.3, 0.4) is 0 Å². The molecule has 0 atom stereocenters. The van der Waals surface area contributed by atoms with Crippen molar-refractivity contribution in [1.29, 1.82) is 0 Å². The van der Waals surface area contributed by atoms with Gasteiger partial charge in [0.25, 0.3) is 0 Å². The van der Waals surface area contributed by atoms with Gasteiger partial charge >= 0.3 is 0 Å². The fourth-order valence-corrected chi connectivity index (χ4v) is 2.87. The van der Waals surface area contributed by atoms with E-state index in [1.807, 2.05) is 54.6 Å². The molecule has 118 valence electrons. The van der Waals surface area contributed by atoms with Gasteiger partial charge in [0.2, 0.25) is 0 Å². The molecule has 23 heavy (non-hydrogen) atoms. The highest BCUT2D eigenvalue weighted by atomic mass is 35.5. The van der Waals surface area contributed by atoms with Crippen molar-refractivity contribution < 1.29 is 9.84 Å². The molecule has 0 unspecified atom stereocenters. The summed E-state index contributed by atoms with van der Waals surface area (Å²) in [6.45, 7) is 0.626. The average Bonchev–Trinajstić information content (AvgIpc) is 2.91. The zero-order chi connectivity index (χ0) is 16.2. The Morgan fingerprint density at radius 2 is 1.96 bits per heavy atom. The predicted octanol–water partition coefficient (Wildman–Crippen LogP) is 4.47. The van der Waals surface area contributed by atoms with Gasteiger partial charge in [-0.05, 0) is 42.0 Å². The average molecular weight is 328 g/mol. The van der Waals surface area contributed by atoms with Gasteiger partial charge in [-0.25, -0.2) is 0 Å². The highest BCUT2D eigenvalue weighted by molar-refractivity contribution is 6.32. The Bertz CT molecular complexity index is 852. The van der Waals surface area contributed by atoms with Gasteiger partial charge in [-0.15, -0.1) is 0 Å². The first-order valence-corrected chi connectivity index (χ1v) is 7.81. The molecule has 3 nitrogen and oxygen atoms in total. The van der Waals surface area contributed by atoms with Gasteiger partial charge < -0.3 is 14.4 Å². The van der Waals surface area contributed by atoms with E-state index in [9.17, 15) is 5.11 Å². The highest BCUT2D eigenvalue weighted by Crippen LogP contribution is 2.26. The minimum atomic E-state index is 0.0861. The second-order valence-corrected chi connectivity index (χ2v) is 5.63. The van der Waals surface area contributed by atoms with Crippen molar-refractivity contribution in [3.05, 3.63) is 64.8 Å². The van der Waals surface area contributed by atoms with Crippen LogP contribution >= 0.6 is 11.6 Å². The first-order valence-electron chi connectivity index (χ1n) is 7.43. The van der Waals surface area contributed by atoms with Crippen LogP contribution in [0.4, 0.5) is 0 Å². The smallest absolute Gasteiger partial charge is 0.119 e. The summed E-state index contributed by atoms with van der Waals surface area (Å²) in [7, 11) is 1.66. The molecule has 0 bridgehead atoms. The number of ether oxygens (including phenoxy) is 1. The number of benzene rings is 2. The van der Waals surface area contributed by atoms with Crippen molar-refractivity contribution in [3.63, 3.8) is 0 Å². The maximum absolute atomic E-state index is 9.36.